The quantitative estimate of drug-likeness (QED) is 0.540. The lowest BCUT2D eigenvalue weighted by Gasteiger charge is -2.33. The van der Waals surface area contributed by atoms with Crippen LogP contribution >= 0.6 is 0 Å². The Kier molecular flexibility index (Phi) is 3.78. The Hall–Kier alpha value is -1.26. The molecule has 2 unspecified atom stereocenters. The number of nitrogens with zero attached hydrogens (tertiary/aromatic N) is 1. The number of hydrogen-bond donors (Lipinski definition) is 0. The highest BCUT2D eigenvalue weighted by Crippen LogP contribution is 2.37. The fraction of sp³-hybridized carbons (Fsp3) is 0.818. The van der Waals surface area contributed by atoms with E-state index in [1.54, 1.807) is 6.92 Å². The summed E-state index contributed by atoms with van der Waals surface area (Å²) in [5.74, 6) is -0.723. The van der Waals surface area contributed by atoms with Crippen LogP contribution in [0.15, 0.2) is 0 Å². The van der Waals surface area contributed by atoms with Crippen molar-refractivity contribution < 1.29 is 14.5 Å². The van der Waals surface area contributed by atoms with Gasteiger partial charge in [-0.25, -0.2) is 0 Å². The maximum absolute atomic E-state index is 11.8. The van der Waals surface area contributed by atoms with Crippen LogP contribution < -0.4 is 0 Å². The molecule has 1 aliphatic carbocycles. The van der Waals surface area contributed by atoms with Gasteiger partial charge in [0.2, 0.25) is 6.54 Å². The molecule has 0 N–H and O–H groups in total. The minimum atomic E-state index is -1.12. The first-order chi connectivity index (χ1) is 7.38. The summed E-state index contributed by atoms with van der Waals surface area (Å²) in [4.78, 5) is 33.5. The Bertz CT molecular complexity index is 326. The monoisotopic (exact) mass is 227 g/mol. The van der Waals surface area contributed by atoms with Gasteiger partial charge in [0.15, 0.2) is 0 Å². The number of hydrogen-bond acceptors (Lipinski definition) is 4. The Morgan fingerprint density at radius 3 is 2.62 bits per heavy atom. The second-order valence-electron chi connectivity index (χ2n) is 4.73. The van der Waals surface area contributed by atoms with Gasteiger partial charge < -0.3 is 0 Å². The van der Waals surface area contributed by atoms with E-state index >= 15 is 0 Å². The summed E-state index contributed by atoms with van der Waals surface area (Å²) in [6.07, 6.45) is 2.76. The lowest BCUT2D eigenvalue weighted by molar-refractivity contribution is -0.494. The van der Waals surface area contributed by atoms with E-state index in [2.05, 4.69) is 0 Å². The predicted molar refractivity (Wildman–Crippen MR) is 57.6 cm³/mol. The third-order valence-electron chi connectivity index (χ3n) is 3.59. The summed E-state index contributed by atoms with van der Waals surface area (Å²) in [6.45, 7) is 2.44. The average Bonchev–Trinajstić information content (AvgIpc) is 2.16. The van der Waals surface area contributed by atoms with Crippen LogP contribution in [0.4, 0.5) is 0 Å². The zero-order chi connectivity index (χ0) is 12.3. The van der Waals surface area contributed by atoms with E-state index in [-0.39, 0.29) is 11.6 Å². The highest BCUT2D eigenvalue weighted by atomic mass is 16.6. The molecule has 0 aromatic rings. The van der Waals surface area contributed by atoms with Crippen molar-refractivity contribution in [3.63, 3.8) is 0 Å². The summed E-state index contributed by atoms with van der Waals surface area (Å²) >= 11 is 0. The zero-order valence-electron chi connectivity index (χ0n) is 9.69. The topological polar surface area (TPSA) is 77.3 Å². The first-order valence-corrected chi connectivity index (χ1v) is 5.53. The van der Waals surface area contributed by atoms with E-state index in [9.17, 15) is 19.7 Å². The fourth-order valence-corrected chi connectivity index (χ4v) is 2.39. The van der Waals surface area contributed by atoms with Crippen molar-refractivity contribution in [1.82, 2.24) is 0 Å². The van der Waals surface area contributed by atoms with E-state index in [0.29, 0.717) is 12.8 Å². The molecule has 1 aliphatic rings. The molecule has 0 heterocycles. The van der Waals surface area contributed by atoms with Gasteiger partial charge in [-0.2, -0.15) is 0 Å². The molecule has 1 saturated carbocycles. The van der Waals surface area contributed by atoms with Gasteiger partial charge in [0.05, 0.1) is 5.41 Å². The van der Waals surface area contributed by atoms with E-state index in [1.807, 2.05) is 0 Å². The van der Waals surface area contributed by atoms with Crippen LogP contribution in [0.25, 0.3) is 0 Å². The smallest absolute Gasteiger partial charge is 0.216 e. The van der Waals surface area contributed by atoms with Crippen LogP contribution in [0.3, 0.4) is 0 Å². The molecule has 0 spiro atoms. The van der Waals surface area contributed by atoms with E-state index in [4.69, 9.17) is 0 Å². The number of rotatable bonds is 4. The Labute approximate surface area is 94.4 Å². The SMILES string of the molecule is CC(=O)C(C)(C[N+](=O)[O-])C1CCCCC1=O. The molecule has 0 radical (unpaired) electrons. The molecular weight excluding hydrogens is 210 g/mol. The first-order valence-electron chi connectivity index (χ1n) is 5.53. The largest absolute Gasteiger partial charge is 0.299 e. The average molecular weight is 227 g/mol. The molecule has 5 nitrogen and oxygen atoms in total. The van der Waals surface area contributed by atoms with Crippen LogP contribution in [-0.4, -0.2) is 23.0 Å². The van der Waals surface area contributed by atoms with Crippen molar-refractivity contribution in [3.05, 3.63) is 10.1 Å². The highest BCUT2D eigenvalue weighted by molar-refractivity contribution is 5.91. The van der Waals surface area contributed by atoms with Gasteiger partial charge in [0, 0.05) is 17.3 Å². The maximum atomic E-state index is 11.8. The molecule has 2 atom stereocenters. The van der Waals surface area contributed by atoms with Crippen molar-refractivity contribution in [2.75, 3.05) is 6.54 Å². The van der Waals surface area contributed by atoms with Crippen LogP contribution in [0, 0.1) is 21.4 Å². The summed E-state index contributed by atoms with van der Waals surface area (Å²) in [7, 11) is 0. The molecule has 1 fully saturated rings. The number of ketones is 2. The van der Waals surface area contributed by atoms with Gasteiger partial charge in [-0.05, 0) is 26.7 Å². The van der Waals surface area contributed by atoms with Crippen LogP contribution in [0.1, 0.15) is 39.5 Å². The third kappa shape index (κ3) is 2.46. The molecule has 5 heteroatoms. The number of nitro groups is 1. The third-order valence-corrected chi connectivity index (χ3v) is 3.59. The second kappa shape index (κ2) is 4.72. The molecule has 0 amide bonds. The molecule has 1 rings (SSSR count). The zero-order valence-corrected chi connectivity index (χ0v) is 9.69. The molecule has 90 valence electrons. The fourth-order valence-electron chi connectivity index (χ4n) is 2.39. The second-order valence-corrected chi connectivity index (χ2v) is 4.73. The van der Waals surface area contributed by atoms with Gasteiger partial charge in [-0.3, -0.25) is 19.7 Å². The standard InChI is InChI=1S/C11H17NO4/c1-8(13)11(2,7-12(15)16)9-5-3-4-6-10(9)14/h9H,3-7H2,1-2H3. The lowest BCUT2D eigenvalue weighted by atomic mass is 9.67. The van der Waals surface area contributed by atoms with Gasteiger partial charge in [0.25, 0.3) is 0 Å². The number of carbonyl (C=O) groups excluding carboxylic acids is 2. The van der Waals surface area contributed by atoms with Crippen molar-refractivity contribution in [2.45, 2.75) is 39.5 Å². The molecule has 0 aromatic heterocycles. The van der Waals surface area contributed by atoms with Crippen molar-refractivity contribution in [1.29, 1.82) is 0 Å². The van der Waals surface area contributed by atoms with E-state index in [1.165, 1.54) is 6.92 Å². The number of Topliss-reactive ketones (excluding diaryl/α,β-unsaturated/α-hetero) is 2. The number of carbonyl (C=O) groups is 2. The Morgan fingerprint density at radius 1 is 1.56 bits per heavy atom. The van der Waals surface area contributed by atoms with Crippen LogP contribution in [0.2, 0.25) is 0 Å². The van der Waals surface area contributed by atoms with Gasteiger partial charge in [-0.1, -0.05) is 6.42 Å². The molecule has 0 aliphatic heterocycles. The van der Waals surface area contributed by atoms with Gasteiger partial charge in [-0.15, -0.1) is 0 Å². The summed E-state index contributed by atoms with van der Waals surface area (Å²) < 4.78 is 0. The predicted octanol–water partition coefficient (Wildman–Crippen LogP) is 1.62. The Balaban J connectivity index is 2.95. The van der Waals surface area contributed by atoms with Crippen LogP contribution in [-0.2, 0) is 9.59 Å². The van der Waals surface area contributed by atoms with Crippen LogP contribution in [0.5, 0.6) is 0 Å². The lowest BCUT2D eigenvalue weighted by Crippen LogP contribution is -2.45. The van der Waals surface area contributed by atoms with Gasteiger partial charge in [0.1, 0.15) is 11.6 Å². The highest BCUT2D eigenvalue weighted by Gasteiger charge is 2.47. The molecule has 0 bridgehead atoms. The molecular formula is C11H17NO4. The molecule has 0 aromatic carbocycles. The van der Waals surface area contributed by atoms with Crippen molar-refractivity contribution in [3.8, 4) is 0 Å². The summed E-state index contributed by atoms with van der Waals surface area (Å²) in [5.41, 5.74) is -1.12. The van der Waals surface area contributed by atoms with Crippen molar-refractivity contribution >= 4 is 11.6 Å². The van der Waals surface area contributed by atoms with E-state index < -0.39 is 22.8 Å². The minimum absolute atomic E-state index is 0.00537. The Morgan fingerprint density at radius 2 is 2.19 bits per heavy atom. The molecule has 0 saturated heterocycles. The maximum Gasteiger partial charge on any atom is 0.216 e. The summed E-state index contributed by atoms with van der Waals surface area (Å²) in [5, 5.41) is 10.6. The normalized spacial score (nSPS) is 24.9. The minimum Gasteiger partial charge on any atom is -0.299 e. The van der Waals surface area contributed by atoms with E-state index in [0.717, 1.165) is 12.8 Å². The van der Waals surface area contributed by atoms with Crippen molar-refractivity contribution in [2.24, 2.45) is 11.3 Å². The summed E-state index contributed by atoms with van der Waals surface area (Å²) in [6, 6.07) is 0. The first kappa shape index (κ1) is 12.8. The molecule has 16 heavy (non-hydrogen) atoms. The van der Waals surface area contributed by atoms with Gasteiger partial charge >= 0.3 is 0 Å².